The number of carbonyl (C=O) groups excluding carboxylic acids is 1. The van der Waals surface area contributed by atoms with E-state index in [4.69, 9.17) is 0 Å². The summed E-state index contributed by atoms with van der Waals surface area (Å²) in [5, 5.41) is 6.93. The van der Waals surface area contributed by atoms with Gasteiger partial charge in [-0.1, -0.05) is 12.1 Å². The monoisotopic (exact) mass is 504 g/mol. The Bertz CT molecular complexity index is 1080. The highest BCUT2D eigenvalue weighted by molar-refractivity contribution is 14.2. The molecular weight excluding hydrogens is 491 g/mol. The average Bonchev–Trinajstić information content (AvgIpc) is 3.08. The molecule has 2 aromatic heterocycles. The van der Waals surface area contributed by atoms with Crippen LogP contribution in [-0.2, 0) is 4.79 Å². The van der Waals surface area contributed by atoms with Crippen LogP contribution in [0.4, 0.5) is 18.9 Å². The number of carbonyl (C=O) groups is 1. The molecule has 0 spiro atoms. The molecule has 0 aliphatic heterocycles. The van der Waals surface area contributed by atoms with Crippen LogP contribution in [0.15, 0.2) is 30.4 Å². The van der Waals surface area contributed by atoms with Crippen molar-refractivity contribution in [2.45, 2.75) is 13.8 Å². The molecule has 10 heteroatoms. The van der Waals surface area contributed by atoms with E-state index < -0.39 is 23.4 Å². The first-order valence-electron chi connectivity index (χ1n) is 7.66. The molecule has 1 unspecified atom stereocenters. The third-order valence-corrected chi connectivity index (χ3v) is 5.86. The molecule has 5 nitrogen and oxygen atoms in total. The van der Waals surface area contributed by atoms with Gasteiger partial charge in [0.05, 0.1) is 30.1 Å². The lowest BCUT2D eigenvalue weighted by molar-refractivity contribution is -0.114. The topological polar surface area (TPSA) is 59.8 Å². The summed E-state index contributed by atoms with van der Waals surface area (Å²) >= 11 is 2.06. The zero-order chi connectivity index (χ0) is 19.7. The van der Waals surface area contributed by atoms with Crippen LogP contribution >= 0.6 is 28.4 Å². The van der Waals surface area contributed by atoms with Crippen LogP contribution in [0.2, 0.25) is 0 Å². The van der Waals surface area contributed by atoms with Crippen LogP contribution in [0.5, 0.6) is 0 Å². The maximum Gasteiger partial charge on any atom is 0.284 e. The molecule has 0 saturated carbocycles. The minimum atomic E-state index is -1.21. The van der Waals surface area contributed by atoms with Gasteiger partial charge in [0, 0.05) is 16.5 Å². The Morgan fingerprint density at radius 1 is 1.30 bits per heavy atom. The second kappa shape index (κ2) is 7.93. The van der Waals surface area contributed by atoms with Crippen molar-refractivity contribution >= 4 is 57.0 Å². The van der Waals surface area contributed by atoms with Crippen molar-refractivity contribution in [3.05, 3.63) is 58.8 Å². The molecule has 0 bridgehead atoms. The van der Waals surface area contributed by atoms with Crippen molar-refractivity contribution < 1.29 is 18.0 Å². The SMILES string of the molecule is Cc1ncc(F)c(C)c1NC(=O)/C(F)=C/c1ccc2cnn(PI)c2c1F. The number of anilines is 1. The molecule has 1 aromatic carbocycles. The number of hydrogen-bond donors (Lipinski definition) is 1. The lowest BCUT2D eigenvalue weighted by atomic mass is 10.1. The Kier molecular flexibility index (Phi) is 5.81. The van der Waals surface area contributed by atoms with E-state index in [2.05, 4.69) is 37.4 Å². The summed E-state index contributed by atoms with van der Waals surface area (Å²) in [5.74, 6) is -3.61. The van der Waals surface area contributed by atoms with Gasteiger partial charge in [-0.05, 0) is 42.0 Å². The molecule has 0 saturated heterocycles. The van der Waals surface area contributed by atoms with E-state index in [1.54, 1.807) is 13.0 Å². The molecule has 3 aromatic rings. The molecule has 0 aliphatic rings. The first-order valence-corrected chi connectivity index (χ1v) is 11.7. The van der Waals surface area contributed by atoms with Crippen molar-refractivity contribution in [1.29, 1.82) is 0 Å². The summed E-state index contributed by atoms with van der Waals surface area (Å²) < 4.78 is 44.2. The van der Waals surface area contributed by atoms with Crippen LogP contribution in [0.25, 0.3) is 17.0 Å². The fourth-order valence-corrected chi connectivity index (χ4v) is 4.04. The number of nitrogens with one attached hydrogen (secondary N) is 1. The van der Waals surface area contributed by atoms with Crippen LogP contribution in [0.3, 0.4) is 0 Å². The Labute approximate surface area is 167 Å². The van der Waals surface area contributed by atoms with E-state index in [1.807, 2.05) is 0 Å². The number of rotatable bonds is 4. The fourth-order valence-electron chi connectivity index (χ4n) is 2.53. The van der Waals surface area contributed by atoms with Crippen LogP contribution in [0.1, 0.15) is 16.8 Å². The predicted octanol–water partition coefficient (Wildman–Crippen LogP) is 5.07. The summed E-state index contributed by atoms with van der Waals surface area (Å²) in [4.78, 5) is 15.9. The number of amides is 1. The van der Waals surface area contributed by atoms with Crippen molar-refractivity contribution in [1.82, 2.24) is 14.5 Å². The fraction of sp³-hybridized carbons (Fsp3) is 0.118. The zero-order valence-electron chi connectivity index (χ0n) is 14.1. The maximum atomic E-state index is 14.7. The number of nitrogens with zero attached hydrogens (tertiary/aromatic N) is 3. The molecule has 1 amide bonds. The van der Waals surface area contributed by atoms with Crippen LogP contribution < -0.4 is 5.32 Å². The van der Waals surface area contributed by atoms with E-state index in [9.17, 15) is 18.0 Å². The number of pyridine rings is 1. The highest BCUT2D eigenvalue weighted by atomic mass is 127. The minimum Gasteiger partial charge on any atom is -0.318 e. The predicted molar refractivity (Wildman–Crippen MR) is 109 cm³/mol. The highest BCUT2D eigenvalue weighted by Gasteiger charge is 2.17. The Balaban J connectivity index is 1.94. The van der Waals surface area contributed by atoms with E-state index in [1.165, 1.54) is 23.6 Å². The van der Waals surface area contributed by atoms with Crippen LogP contribution in [-0.4, -0.2) is 20.4 Å². The third-order valence-electron chi connectivity index (χ3n) is 3.99. The van der Waals surface area contributed by atoms with Gasteiger partial charge >= 0.3 is 0 Å². The summed E-state index contributed by atoms with van der Waals surface area (Å²) in [7, 11) is 0. The van der Waals surface area contributed by atoms with Crippen LogP contribution in [0, 0.1) is 25.5 Å². The zero-order valence-corrected chi connectivity index (χ0v) is 17.3. The van der Waals surface area contributed by atoms with Crippen molar-refractivity contribution in [2.75, 3.05) is 5.32 Å². The van der Waals surface area contributed by atoms with E-state index in [-0.39, 0.29) is 28.7 Å². The average molecular weight is 504 g/mol. The number of aryl methyl sites for hydroxylation is 1. The standard InChI is InChI=1S/C17H13F3IN4OP/c1-8-13(19)7-22-9(2)15(8)24-17(26)12(18)5-10-3-4-11-6-23-25(27-21)16(11)14(10)20/h3-7,27H,1-2H3,(H,24,26)/b12-5-. The molecule has 0 aliphatic carbocycles. The highest BCUT2D eigenvalue weighted by Crippen LogP contribution is 2.31. The van der Waals surface area contributed by atoms with E-state index >= 15 is 0 Å². The normalized spacial score (nSPS) is 12.3. The summed E-state index contributed by atoms with van der Waals surface area (Å²) in [6.45, 7) is 3.00. The van der Waals surface area contributed by atoms with Gasteiger partial charge in [0.2, 0.25) is 0 Å². The van der Waals surface area contributed by atoms with Gasteiger partial charge in [-0.2, -0.15) is 5.10 Å². The molecule has 0 fully saturated rings. The minimum absolute atomic E-state index is 0.0858. The Morgan fingerprint density at radius 2 is 2.04 bits per heavy atom. The van der Waals surface area contributed by atoms with E-state index in [0.29, 0.717) is 11.1 Å². The lowest BCUT2D eigenvalue weighted by Gasteiger charge is -2.10. The molecular formula is C17H13F3IN4OP. The lowest BCUT2D eigenvalue weighted by Crippen LogP contribution is -2.15. The van der Waals surface area contributed by atoms with Gasteiger partial charge in [0.1, 0.15) is 11.3 Å². The van der Waals surface area contributed by atoms with Gasteiger partial charge in [-0.15, -0.1) is 0 Å². The van der Waals surface area contributed by atoms with Gasteiger partial charge in [-0.3, -0.25) is 9.78 Å². The number of aromatic nitrogens is 3. The Morgan fingerprint density at radius 3 is 2.74 bits per heavy atom. The number of fused-ring (bicyclic) bond motifs is 1. The Hall–Kier alpha value is -2.00. The molecule has 1 N–H and O–H groups in total. The third kappa shape index (κ3) is 3.84. The van der Waals surface area contributed by atoms with Gasteiger partial charge < -0.3 is 5.32 Å². The first-order chi connectivity index (χ1) is 12.8. The second-order valence-corrected chi connectivity index (χ2v) is 7.73. The van der Waals surface area contributed by atoms with Gasteiger partial charge in [-0.25, -0.2) is 17.6 Å². The maximum absolute atomic E-state index is 14.7. The molecule has 140 valence electrons. The molecule has 1 atom stereocenters. The summed E-state index contributed by atoms with van der Waals surface area (Å²) in [6.07, 6.45) is 3.51. The van der Waals surface area contributed by atoms with E-state index in [0.717, 1.165) is 12.3 Å². The molecule has 0 radical (unpaired) electrons. The molecule has 2 heterocycles. The molecule has 27 heavy (non-hydrogen) atoms. The first kappa shape index (κ1) is 19.8. The molecule has 3 rings (SSSR count). The quantitative estimate of drug-likeness (QED) is 0.307. The smallest absolute Gasteiger partial charge is 0.284 e. The summed E-state index contributed by atoms with van der Waals surface area (Å²) in [6, 6.07) is 2.97. The largest absolute Gasteiger partial charge is 0.318 e. The van der Waals surface area contributed by atoms with Gasteiger partial charge in [0.25, 0.3) is 5.91 Å². The van der Waals surface area contributed by atoms with Crippen molar-refractivity contribution in [3.63, 3.8) is 0 Å². The van der Waals surface area contributed by atoms with Crippen molar-refractivity contribution in [2.24, 2.45) is 0 Å². The van der Waals surface area contributed by atoms with Crippen molar-refractivity contribution in [3.8, 4) is 0 Å². The summed E-state index contributed by atoms with van der Waals surface area (Å²) in [5.41, 5.74) is 0.726. The number of benzene rings is 1. The van der Waals surface area contributed by atoms with Gasteiger partial charge in [0.15, 0.2) is 11.6 Å². The number of hydrogen-bond acceptors (Lipinski definition) is 3. The second-order valence-electron chi connectivity index (χ2n) is 5.69. The number of halogens is 4.